The molecule has 0 amide bonds. The summed E-state index contributed by atoms with van der Waals surface area (Å²) in [6.07, 6.45) is 0.502. The summed E-state index contributed by atoms with van der Waals surface area (Å²) in [7, 11) is 0. The molecule has 20 heavy (non-hydrogen) atoms. The van der Waals surface area contributed by atoms with Gasteiger partial charge in [-0.25, -0.2) is 4.68 Å². The number of aromatic nitrogens is 4. The van der Waals surface area contributed by atoms with Crippen molar-refractivity contribution in [3.8, 4) is 11.4 Å². The number of carbonyl (C=O) groups is 1. The highest BCUT2D eigenvalue weighted by Gasteiger charge is 2.33. The quantitative estimate of drug-likeness (QED) is 0.906. The number of benzene rings is 1. The fraction of sp³-hybridized carbons (Fsp3) is 0.385. The fourth-order valence-electron chi connectivity index (χ4n) is 1.78. The Bertz CT molecular complexity index is 611. The maximum atomic E-state index is 11.4. The van der Waals surface area contributed by atoms with Crippen LogP contribution in [0.1, 0.15) is 20.3 Å². The molecule has 2 rings (SSSR count). The smallest absolute Gasteiger partial charge is 0.311 e. The first-order chi connectivity index (χ1) is 9.46. The van der Waals surface area contributed by atoms with Gasteiger partial charge in [0.25, 0.3) is 0 Å². The number of aliphatic carboxylic acids is 1. The van der Waals surface area contributed by atoms with Gasteiger partial charge in [-0.15, -0.1) is 5.10 Å². The molecule has 0 aliphatic rings. The van der Waals surface area contributed by atoms with Crippen LogP contribution in [0.2, 0.25) is 0 Å². The molecule has 0 aliphatic carbocycles. The Balaban J connectivity index is 2.34. The maximum Gasteiger partial charge on any atom is 0.311 e. The van der Waals surface area contributed by atoms with Crippen LogP contribution in [0.5, 0.6) is 0 Å². The average molecular weight is 339 g/mol. The van der Waals surface area contributed by atoms with Crippen molar-refractivity contribution in [1.29, 1.82) is 0 Å². The van der Waals surface area contributed by atoms with Crippen LogP contribution in [0, 0.1) is 5.41 Å². The van der Waals surface area contributed by atoms with Gasteiger partial charge >= 0.3 is 5.97 Å². The lowest BCUT2D eigenvalue weighted by Crippen LogP contribution is -2.32. The summed E-state index contributed by atoms with van der Waals surface area (Å²) in [5.74, 6) is -0.282. The van der Waals surface area contributed by atoms with Crippen molar-refractivity contribution in [2.75, 3.05) is 0 Å². The van der Waals surface area contributed by atoms with Crippen molar-refractivity contribution in [1.82, 2.24) is 20.2 Å². The molecule has 1 atom stereocenters. The standard InChI is InChI=1S/C13H15BrN4O2/c1-3-13(2,12(19)20)8-18-11(15-16-17-18)9-4-6-10(14)7-5-9/h4-7H,3,8H2,1-2H3,(H,19,20). The molecule has 106 valence electrons. The summed E-state index contributed by atoms with van der Waals surface area (Å²) in [5.41, 5.74) is -0.0403. The first-order valence-electron chi connectivity index (χ1n) is 6.22. The highest BCUT2D eigenvalue weighted by atomic mass is 79.9. The number of halogens is 1. The molecule has 1 N–H and O–H groups in total. The van der Waals surface area contributed by atoms with Gasteiger partial charge in [0.15, 0.2) is 5.82 Å². The Morgan fingerprint density at radius 2 is 2.05 bits per heavy atom. The second kappa shape index (κ2) is 5.70. The average Bonchev–Trinajstić information content (AvgIpc) is 2.87. The third-order valence-corrected chi connectivity index (χ3v) is 3.96. The van der Waals surface area contributed by atoms with E-state index in [0.717, 1.165) is 10.0 Å². The summed E-state index contributed by atoms with van der Waals surface area (Å²) in [6, 6.07) is 7.56. The molecule has 0 spiro atoms. The Labute approximate surface area is 124 Å². The highest BCUT2D eigenvalue weighted by molar-refractivity contribution is 9.10. The lowest BCUT2D eigenvalue weighted by atomic mass is 9.88. The molecule has 0 saturated heterocycles. The van der Waals surface area contributed by atoms with Gasteiger partial charge in [-0.05, 0) is 35.9 Å². The van der Waals surface area contributed by atoms with Crippen LogP contribution in [0.25, 0.3) is 11.4 Å². The summed E-state index contributed by atoms with van der Waals surface area (Å²) in [4.78, 5) is 11.4. The molecule has 6 nitrogen and oxygen atoms in total. The van der Waals surface area contributed by atoms with Crippen LogP contribution in [-0.2, 0) is 11.3 Å². The van der Waals surface area contributed by atoms with Crippen LogP contribution in [0.3, 0.4) is 0 Å². The van der Waals surface area contributed by atoms with Crippen molar-refractivity contribution in [2.45, 2.75) is 26.8 Å². The third-order valence-electron chi connectivity index (χ3n) is 3.43. The molecular formula is C13H15BrN4O2. The predicted molar refractivity (Wildman–Crippen MR) is 77.0 cm³/mol. The molecule has 0 saturated carbocycles. The number of rotatable bonds is 5. The van der Waals surface area contributed by atoms with E-state index in [1.165, 1.54) is 0 Å². The zero-order chi connectivity index (χ0) is 14.8. The van der Waals surface area contributed by atoms with Crippen molar-refractivity contribution in [3.63, 3.8) is 0 Å². The number of tetrazole rings is 1. The van der Waals surface area contributed by atoms with Crippen LogP contribution < -0.4 is 0 Å². The van der Waals surface area contributed by atoms with Gasteiger partial charge in [0.05, 0.1) is 12.0 Å². The van der Waals surface area contributed by atoms with Crippen LogP contribution in [-0.4, -0.2) is 31.3 Å². The van der Waals surface area contributed by atoms with Crippen LogP contribution >= 0.6 is 15.9 Å². The third kappa shape index (κ3) is 2.87. The van der Waals surface area contributed by atoms with E-state index in [0.29, 0.717) is 12.2 Å². The summed E-state index contributed by atoms with van der Waals surface area (Å²) >= 11 is 3.37. The molecule has 1 aromatic carbocycles. The lowest BCUT2D eigenvalue weighted by molar-refractivity contribution is -0.149. The molecular weight excluding hydrogens is 324 g/mol. The number of carboxylic acids is 1. The van der Waals surface area contributed by atoms with E-state index in [1.807, 2.05) is 31.2 Å². The van der Waals surface area contributed by atoms with Crippen molar-refractivity contribution >= 4 is 21.9 Å². The Kier molecular flexibility index (Phi) is 4.17. The zero-order valence-corrected chi connectivity index (χ0v) is 12.8. The normalized spacial score (nSPS) is 13.9. The second-order valence-corrected chi connectivity index (χ2v) is 5.80. The Morgan fingerprint density at radius 1 is 1.40 bits per heavy atom. The minimum Gasteiger partial charge on any atom is -0.481 e. The largest absolute Gasteiger partial charge is 0.481 e. The number of hydrogen-bond acceptors (Lipinski definition) is 4. The molecule has 1 heterocycles. The molecule has 0 aliphatic heterocycles. The topological polar surface area (TPSA) is 80.9 Å². The molecule has 0 fully saturated rings. The van der Waals surface area contributed by atoms with Gasteiger partial charge in [-0.1, -0.05) is 35.0 Å². The minimum absolute atomic E-state index is 0.233. The van der Waals surface area contributed by atoms with E-state index in [4.69, 9.17) is 0 Å². The Morgan fingerprint density at radius 3 is 2.60 bits per heavy atom. The molecule has 0 radical (unpaired) electrons. The minimum atomic E-state index is -0.889. The molecule has 1 unspecified atom stereocenters. The van der Waals surface area contributed by atoms with Crippen molar-refractivity contribution < 1.29 is 9.90 Å². The highest BCUT2D eigenvalue weighted by Crippen LogP contribution is 2.26. The van der Waals surface area contributed by atoms with Gasteiger partial charge < -0.3 is 5.11 Å². The lowest BCUT2D eigenvalue weighted by Gasteiger charge is -2.22. The summed E-state index contributed by atoms with van der Waals surface area (Å²) in [6.45, 7) is 3.78. The molecule has 2 aromatic rings. The first kappa shape index (κ1) is 14.6. The monoisotopic (exact) mass is 338 g/mol. The number of hydrogen-bond donors (Lipinski definition) is 1. The van der Waals surface area contributed by atoms with Crippen LogP contribution in [0.15, 0.2) is 28.7 Å². The van der Waals surface area contributed by atoms with Gasteiger partial charge in [0.2, 0.25) is 0 Å². The summed E-state index contributed by atoms with van der Waals surface area (Å²) in [5, 5.41) is 20.9. The first-order valence-corrected chi connectivity index (χ1v) is 7.01. The van der Waals surface area contributed by atoms with Crippen molar-refractivity contribution in [3.05, 3.63) is 28.7 Å². The Hall–Kier alpha value is -1.76. The van der Waals surface area contributed by atoms with Gasteiger partial charge in [-0.3, -0.25) is 4.79 Å². The molecule has 1 aromatic heterocycles. The summed E-state index contributed by atoms with van der Waals surface area (Å²) < 4.78 is 2.50. The predicted octanol–water partition coefficient (Wildman–Crippen LogP) is 2.60. The van der Waals surface area contributed by atoms with E-state index in [9.17, 15) is 9.90 Å². The molecule has 7 heteroatoms. The van der Waals surface area contributed by atoms with E-state index < -0.39 is 11.4 Å². The van der Waals surface area contributed by atoms with E-state index >= 15 is 0 Å². The van der Waals surface area contributed by atoms with Gasteiger partial charge in [-0.2, -0.15) is 0 Å². The number of carboxylic acid groups (broad SMARTS) is 1. The maximum absolute atomic E-state index is 11.4. The SMILES string of the molecule is CCC(C)(Cn1nnnc1-c1ccc(Br)cc1)C(=O)O. The van der Waals surface area contributed by atoms with E-state index in [1.54, 1.807) is 11.6 Å². The molecule has 0 bridgehead atoms. The second-order valence-electron chi connectivity index (χ2n) is 4.89. The van der Waals surface area contributed by atoms with Gasteiger partial charge in [0.1, 0.15) is 0 Å². The van der Waals surface area contributed by atoms with Gasteiger partial charge in [0, 0.05) is 10.0 Å². The van der Waals surface area contributed by atoms with E-state index in [-0.39, 0.29) is 6.54 Å². The number of nitrogens with zero attached hydrogens (tertiary/aromatic N) is 4. The van der Waals surface area contributed by atoms with E-state index in [2.05, 4.69) is 31.5 Å². The van der Waals surface area contributed by atoms with Crippen molar-refractivity contribution in [2.24, 2.45) is 5.41 Å². The fourth-order valence-corrected chi connectivity index (χ4v) is 2.04. The zero-order valence-electron chi connectivity index (χ0n) is 11.2. The van der Waals surface area contributed by atoms with Crippen LogP contribution in [0.4, 0.5) is 0 Å².